The van der Waals surface area contributed by atoms with Gasteiger partial charge in [-0.3, -0.25) is 4.79 Å². The molecule has 0 aliphatic rings. The summed E-state index contributed by atoms with van der Waals surface area (Å²) < 4.78 is 15.5. The lowest BCUT2D eigenvalue weighted by atomic mass is 10.1. The minimum Gasteiger partial charge on any atom is -0.306 e. The van der Waals surface area contributed by atoms with Crippen LogP contribution in [0.15, 0.2) is 35.5 Å². The number of nitrogens with one attached hydrogen (secondary N) is 1. The van der Waals surface area contributed by atoms with Crippen molar-refractivity contribution in [2.45, 2.75) is 0 Å². The average Bonchev–Trinajstić information content (AvgIpc) is 2.95. The highest BCUT2D eigenvalue weighted by Crippen LogP contribution is 2.30. The lowest BCUT2D eigenvalue weighted by Gasteiger charge is -2.09. The van der Waals surface area contributed by atoms with E-state index in [-0.39, 0.29) is 16.4 Å². The molecule has 0 aliphatic heterocycles. The fraction of sp³-hybridized carbons (Fsp3) is 0. The van der Waals surface area contributed by atoms with Crippen LogP contribution in [0, 0.1) is 5.82 Å². The van der Waals surface area contributed by atoms with Crippen LogP contribution in [0.2, 0.25) is 5.02 Å². The molecule has 9 heteroatoms. The Morgan fingerprint density at radius 3 is 2.85 bits per heavy atom. The first-order valence-electron chi connectivity index (χ1n) is 5.44. The SMILES string of the molecule is O=c1ccnc(-c2c(-n3cnnn3)ccc(Cl)c2F)[nH]1. The van der Waals surface area contributed by atoms with Crippen molar-refractivity contribution >= 4 is 11.6 Å². The van der Waals surface area contributed by atoms with Gasteiger partial charge in [-0.1, -0.05) is 11.6 Å². The average molecular weight is 293 g/mol. The van der Waals surface area contributed by atoms with Crippen LogP contribution in [0.25, 0.3) is 17.1 Å². The zero-order valence-corrected chi connectivity index (χ0v) is 10.5. The number of hydrogen-bond acceptors (Lipinski definition) is 5. The van der Waals surface area contributed by atoms with E-state index in [0.29, 0.717) is 5.69 Å². The van der Waals surface area contributed by atoms with Gasteiger partial charge < -0.3 is 4.98 Å². The predicted molar refractivity (Wildman–Crippen MR) is 68.0 cm³/mol. The lowest BCUT2D eigenvalue weighted by Crippen LogP contribution is -2.09. The molecule has 0 atom stereocenters. The van der Waals surface area contributed by atoms with Gasteiger partial charge >= 0.3 is 0 Å². The van der Waals surface area contributed by atoms with Crippen LogP contribution in [-0.2, 0) is 0 Å². The molecule has 0 radical (unpaired) electrons. The van der Waals surface area contributed by atoms with Crippen molar-refractivity contribution in [3.05, 3.63) is 51.9 Å². The number of hydrogen-bond donors (Lipinski definition) is 1. The van der Waals surface area contributed by atoms with Crippen LogP contribution in [-0.4, -0.2) is 30.2 Å². The second kappa shape index (κ2) is 4.82. The quantitative estimate of drug-likeness (QED) is 0.766. The van der Waals surface area contributed by atoms with E-state index in [1.165, 1.54) is 35.4 Å². The predicted octanol–water partition coefficient (Wildman–Crippen LogP) is 1.21. The van der Waals surface area contributed by atoms with Gasteiger partial charge in [0.25, 0.3) is 5.56 Å². The summed E-state index contributed by atoms with van der Waals surface area (Å²) in [6.45, 7) is 0. The van der Waals surface area contributed by atoms with Gasteiger partial charge in [0.1, 0.15) is 12.2 Å². The number of halogens is 2. The molecule has 0 fully saturated rings. The molecule has 3 rings (SSSR count). The molecule has 2 heterocycles. The summed E-state index contributed by atoms with van der Waals surface area (Å²) in [5.41, 5.74) is -0.0780. The number of H-pyrrole nitrogens is 1. The van der Waals surface area contributed by atoms with Gasteiger partial charge in [-0.25, -0.2) is 9.37 Å². The molecule has 1 aromatic carbocycles. The lowest BCUT2D eigenvalue weighted by molar-refractivity contribution is 0.627. The third-order valence-corrected chi connectivity index (χ3v) is 2.87. The third kappa shape index (κ3) is 2.05. The Hall–Kier alpha value is -2.61. The van der Waals surface area contributed by atoms with E-state index < -0.39 is 11.4 Å². The largest absolute Gasteiger partial charge is 0.306 e. The summed E-state index contributed by atoms with van der Waals surface area (Å²) in [5, 5.41) is 10.6. The standard InChI is InChI=1S/C11H6ClFN6O/c12-6-1-2-7(19-5-15-17-18-19)9(10(6)13)11-14-4-3-8(20)16-11/h1-5H,(H,14,16,20). The maximum absolute atomic E-state index is 14.3. The van der Waals surface area contributed by atoms with E-state index >= 15 is 0 Å². The van der Waals surface area contributed by atoms with Gasteiger partial charge in [-0.15, -0.1) is 5.10 Å². The third-order valence-electron chi connectivity index (χ3n) is 2.58. The van der Waals surface area contributed by atoms with Crippen LogP contribution < -0.4 is 5.56 Å². The number of aromatic amines is 1. The van der Waals surface area contributed by atoms with E-state index in [2.05, 4.69) is 25.5 Å². The number of nitrogens with zero attached hydrogens (tertiary/aromatic N) is 5. The molecule has 0 spiro atoms. The fourth-order valence-electron chi connectivity index (χ4n) is 1.73. The fourth-order valence-corrected chi connectivity index (χ4v) is 1.88. The molecule has 0 bridgehead atoms. The molecule has 20 heavy (non-hydrogen) atoms. The summed E-state index contributed by atoms with van der Waals surface area (Å²) in [5.74, 6) is -0.669. The van der Waals surface area contributed by atoms with Gasteiger partial charge in [-0.05, 0) is 22.6 Å². The zero-order chi connectivity index (χ0) is 14.1. The maximum atomic E-state index is 14.3. The summed E-state index contributed by atoms with van der Waals surface area (Å²) >= 11 is 5.78. The van der Waals surface area contributed by atoms with Crippen molar-refractivity contribution in [2.75, 3.05) is 0 Å². The molecule has 7 nitrogen and oxygen atoms in total. The van der Waals surface area contributed by atoms with Gasteiger partial charge in [-0.2, -0.15) is 4.68 Å². The summed E-state index contributed by atoms with van der Waals surface area (Å²) in [6, 6.07) is 4.13. The van der Waals surface area contributed by atoms with Crippen molar-refractivity contribution in [1.29, 1.82) is 0 Å². The molecule has 0 saturated heterocycles. The smallest absolute Gasteiger partial charge is 0.251 e. The van der Waals surface area contributed by atoms with Gasteiger partial charge in [0.05, 0.1) is 16.3 Å². The molecule has 1 N–H and O–H groups in total. The summed E-state index contributed by atoms with van der Waals surface area (Å²) in [6.07, 6.45) is 2.57. The van der Waals surface area contributed by atoms with Crippen molar-refractivity contribution in [3.8, 4) is 17.1 Å². The molecule has 0 aliphatic carbocycles. The Kier molecular flexibility index (Phi) is 2.99. The van der Waals surface area contributed by atoms with Gasteiger partial charge in [0.2, 0.25) is 0 Å². The minimum absolute atomic E-state index is 0.0162. The summed E-state index contributed by atoms with van der Waals surface area (Å²) in [7, 11) is 0. The minimum atomic E-state index is -0.714. The normalized spacial score (nSPS) is 10.7. The second-order valence-corrected chi connectivity index (χ2v) is 4.20. The Morgan fingerprint density at radius 2 is 2.15 bits per heavy atom. The Balaban J connectivity index is 2.33. The van der Waals surface area contributed by atoms with E-state index in [9.17, 15) is 9.18 Å². The molecule has 2 aromatic heterocycles. The highest BCUT2D eigenvalue weighted by molar-refractivity contribution is 6.31. The van der Waals surface area contributed by atoms with Crippen LogP contribution in [0.1, 0.15) is 0 Å². The Bertz CT molecular complexity index is 816. The van der Waals surface area contributed by atoms with Crippen molar-refractivity contribution in [2.24, 2.45) is 0 Å². The highest BCUT2D eigenvalue weighted by atomic mass is 35.5. The molecule has 0 amide bonds. The van der Waals surface area contributed by atoms with E-state index in [1.54, 1.807) is 0 Å². The van der Waals surface area contributed by atoms with Crippen LogP contribution >= 0.6 is 11.6 Å². The van der Waals surface area contributed by atoms with Crippen LogP contribution in [0.3, 0.4) is 0 Å². The highest BCUT2D eigenvalue weighted by Gasteiger charge is 2.18. The zero-order valence-electron chi connectivity index (χ0n) is 9.79. The van der Waals surface area contributed by atoms with Gasteiger partial charge in [0, 0.05) is 12.3 Å². The number of tetrazole rings is 1. The second-order valence-electron chi connectivity index (χ2n) is 3.79. The molecule has 0 unspecified atom stereocenters. The van der Waals surface area contributed by atoms with Crippen molar-refractivity contribution in [1.82, 2.24) is 30.2 Å². The molecule has 3 aromatic rings. The molecule has 0 saturated carbocycles. The van der Waals surface area contributed by atoms with E-state index in [0.717, 1.165) is 0 Å². The first-order valence-corrected chi connectivity index (χ1v) is 5.81. The Morgan fingerprint density at radius 1 is 1.30 bits per heavy atom. The maximum Gasteiger partial charge on any atom is 0.251 e. The molecule has 100 valence electrons. The number of benzene rings is 1. The first kappa shape index (κ1) is 12.4. The topological polar surface area (TPSA) is 89.3 Å². The number of aromatic nitrogens is 6. The molecular formula is C11H6ClFN6O. The number of rotatable bonds is 2. The Labute approximate surface area is 116 Å². The van der Waals surface area contributed by atoms with E-state index in [1.807, 2.05) is 0 Å². The van der Waals surface area contributed by atoms with Crippen LogP contribution in [0.5, 0.6) is 0 Å². The monoisotopic (exact) mass is 292 g/mol. The van der Waals surface area contributed by atoms with Crippen molar-refractivity contribution < 1.29 is 4.39 Å². The van der Waals surface area contributed by atoms with E-state index in [4.69, 9.17) is 11.6 Å². The molecular weight excluding hydrogens is 287 g/mol. The first-order chi connectivity index (χ1) is 9.66. The summed E-state index contributed by atoms with van der Waals surface area (Å²) in [4.78, 5) is 17.8. The van der Waals surface area contributed by atoms with Gasteiger partial charge in [0.15, 0.2) is 5.82 Å². The van der Waals surface area contributed by atoms with Crippen molar-refractivity contribution in [3.63, 3.8) is 0 Å². The van der Waals surface area contributed by atoms with Crippen LogP contribution in [0.4, 0.5) is 4.39 Å².